The molecule has 1 fully saturated rings. The minimum absolute atomic E-state index is 0.107. The Morgan fingerprint density at radius 3 is 2.58 bits per heavy atom. The summed E-state index contributed by atoms with van der Waals surface area (Å²) in [5.41, 5.74) is 3.68. The van der Waals surface area contributed by atoms with Gasteiger partial charge in [0.2, 0.25) is 11.8 Å². The molecule has 0 aliphatic carbocycles. The number of benzene rings is 2. The van der Waals surface area contributed by atoms with Gasteiger partial charge in [-0.2, -0.15) is 0 Å². The van der Waals surface area contributed by atoms with Crippen molar-refractivity contribution in [1.82, 2.24) is 10.2 Å². The van der Waals surface area contributed by atoms with Crippen molar-refractivity contribution in [3.63, 3.8) is 0 Å². The zero-order valence-electron chi connectivity index (χ0n) is 17.1. The number of imide groups is 2. The molecule has 3 heterocycles. The van der Waals surface area contributed by atoms with E-state index in [-0.39, 0.29) is 24.8 Å². The SMILES string of the molecule is CC1CNc2ccccc2N1Cc1ccc2c(c1)C(=O)N(C1CCC(=O)NC1=O)C2=O. The molecule has 8 nitrogen and oxygen atoms in total. The summed E-state index contributed by atoms with van der Waals surface area (Å²) in [6, 6.07) is 12.7. The van der Waals surface area contributed by atoms with Gasteiger partial charge in [0.15, 0.2) is 0 Å². The highest BCUT2D eigenvalue weighted by Crippen LogP contribution is 2.33. The molecule has 0 aromatic heterocycles. The maximum absolute atomic E-state index is 13.1. The number of para-hydroxylation sites is 2. The smallest absolute Gasteiger partial charge is 0.262 e. The molecule has 1 saturated heterocycles. The minimum Gasteiger partial charge on any atom is -0.381 e. The Kier molecular flexibility index (Phi) is 4.50. The summed E-state index contributed by atoms with van der Waals surface area (Å²) < 4.78 is 0. The molecule has 0 radical (unpaired) electrons. The topological polar surface area (TPSA) is 98.8 Å². The zero-order valence-corrected chi connectivity index (χ0v) is 17.1. The molecule has 8 heteroatoms. The minimum atomic E-state index is -0.950. The monoisotopic (exact) mass is 418 g/mol. The van der Waals surface area contributed by atoms with Crippen molar-refractivity contribution in [2.75, 3.05) is 16.8 Å². The Hall–Kier alpha value is -3.68. The number of nitrogens with one attached hydrogen (secondary N) is 2. The van der Waals surface area contributed by atoms with Gasteiger partial charge in [-0.25, -0.2) is 0 Å². The fourth-order valence-corrected chi connectivity index (χ4v) is 4.53. The summed E-state index contributed by atoms with van der Waals surface area (Å²) in [5, 5.41) is 5.64. The van der Waals surface area contributed by atoms with Crippen LogP contribution in [-0.4, -0.2) is 47.2 Å². The van der Waals surface area contributed by atoms with E-state index in [9.17, 15) is 19.2 Å². The van der Waals surface area contributed by atoms with Crippen LogP contribution in [0.3, 0.4) is 0 Å². The summed E-state index contributed by atoms with van der Waals surface area (Å²) in [6.07, 6.45) is 0.257. The van der Waals surface area contributed by atoms with Gasteiger partial charge in [-0.1, -0.05) is 18.2 Å². The van der Waals surface area contributed by atoms with Gasteiger partial charge in [-0.3, -0.25) is 29.4 Å². The Labute approximate surface area is 179 Å². The number of carbonyl (C=O) groups excluding carboxylic acids is 4. The van der Waals surface area contributed by atoms with E-state index >= 15 is 0 Å². The highest BCUT2D eigenvalue weighted by atomic mass is 16.2. The molecule has 3 aliphatic heterocycles. The van der Waals surface area contributed by atoms with Gasteiger partial charge in [0.05, 0.1) is 22.5 Å². The average Bonchev–Trinajstić information content (AvgIpc) is 3.00. The lowest BCUT2D eigenvalue weighted by Crippen LogP contribution is -2.54. The number of carbonyl (C=O) groups is 4. The molecule has 31 heavy (non-hydrogen) atoms. The second kappa shape index (κ2) is 7.23. The van der Waals surface area contributed by atoms with E-state index in [1.54, 1.807) is 12.1 Å². The molecule has 2 atom stereocenters. The quantitative estimate of drug-likeness (QED) is 0.739. The van der Waals surface area contributed by atoms with Gasteiger partial charge in [0.25, 0.3) is 11.8 Å². The van der Waals surface area contributed by atoms with Crippen molar-refractivity contribution in [3.8, 4) is 0 Å². The van der Waals surface area contributed by atoms with E-state index in [1.807, 2.05) is 24.3 Å². The van der Waals surface area contributed by atoms with Crippen LogP contribution >= 0.6 is 0 Å². The van der Waals surface area contributed by atoms with Gasteiger partial charge in [-0.05, 0) is 43.2 Å². The molecule has 0 saturated carbocycles. The molecule has 2 N–H and O–H groups in total. The Balaban J connectivity index is 1.42. The lowest BCUT2D eigenvalue weighted by molar-refractivity contribution is -0.136. The molecular formula is C23H22N4O4. The molecule has 0 bridgehead atoms. The van der Waals surface area contributed by atoms with Gasteiger partial charge in [0.1, 0.15) is 6.04 Å². The van der Waals surface area contributed by atoms with Crippen LogP contribution in [0.5, 0.6) is 0 Å². The number of rotatable bonds is 3. The maximum atomic E-state index is 13.1. The molecule has 4 amide bonds. The van der Waals surface area contributed by atoms with E-state index in [2.05, 4.69) is 28.5 Å². The second-order valence-electron chi connectivity index (χ2n) is 8.20. The molecule has 3 aliphatic rings. The summed E-state index contributed by atoms with van der Waals surface area (Å²) in [5.74, 6) is -1.95. The fourth-order valence-electron chi connectivity index (χ4n) is 4.53. The number of fused-ring (bicyclic) bond motifs is 2. The summed E-state index contributed by atoms with van der Waals surface area (Å²) in [4.78, 5) is 52.9. The van der Waals surface area contributed by atoms with Crippen molar-refractivity contribution in [2.24, 2.45) is 0 Å². The number of anilines is 2. The standard InChI is InChI=1S/C23H22N4O4/c1-13-11-24-17-4-2-3-5-18(17)26(13)12-14-6-7-15-16(10-14)23(31)27(22(15)30)19-8-9-20(28)25-21(19)29/h2-7,10,13,19,24H,8-9,11-12H2,1H3,(H,25,28,29). The third kappa shape index (κ3) is 3.15. The molecule has 0 spiro atoms. The maximum Gasteiger partial charge on any atom is 0.262 e. The molecular weight excluding hydrogens is 396 g/mol. The number of amides is 4. The summed E-state index contributed by atoms with van der Waals surface area (Å²) >= 11 is 0. The van der Waals surface area contributed by atoms with Gasteiger partial charge in [-0.15, -0.1) is 0 Å². The number of nitrogens with zero attached hydrogens (tertiary/aromatic N) is 2. The van der Waals surface area contributed by atoms with Crippen LogP contribution in [0.1, 0.15) is 46.0 Å². The molecule has 158 valence electrons. The van der Waals surface area contributed by atoms with E-state index in [0.717, 1.165) is 28.4 Å². The van der Waals surface area contributed by atoms with E-state index in [0.29, 0.717) is 17.7 Å². The predicted octanol–water partition coefficient (Wildman–Crippen LogP) is 1.91. The first-order chi connectivity index (χ1) is 14.9. The molecule has 2 aromatic rings. The lowest BCUT2D eigenvalue weighted by Gasteiger charge is -2.37. The van der Waals surface area contributed by atoms with Gasteiger partial charge in [0, 0.05) is 25.6 Å². The fraction of sp³-hybridized carbons (Fsp3) is 0.304. The van der Waals surface area contributed by atoms with Crippen LogP contribution in [0.2, 0.25) is 0 Å². The predicted molar refractivity (Wildman–Crippen MR) is 114 cm³/mol. The Bertz CT molecular complexity index is 1130. The highest BCUT2D eigenvalue weighted by Gasteiger charge is 2.44. The molecule has 2 aromatic carbocycles. The van der Waals surface area contributed by atoms with Crippen LogP contribution in [0, 0.1) is 0 Å². The first-order valence-electron chi connectivity index (χ1n) is 10.4. The molecule has 2 unspecified atom stereocenters. The van der Waals surface area contributed by atoms with E-state index < -0.39 is 23.8 Å². The van der Waals surface area contributed by atoms with Crippen molar-refractivity contribution in [1.29, 1.82) is 0 Å². The summed E-state index contributed by atoms with van der Waals surface area (Å²) in [6.45, 7) is 3.53. The van der Waals surface area contributed by atoms with Crippen LogP contribution in [0.15, 0.2) is 42.5 Å². The van der Waals surface area contributed by atoms with Crippen molar-refractivity contribution in [3.05, 3.63) is 59.2 Å². The van der Waals surface area contributed by atoms with Gasteiger partial charge >= 0.3 is 0 Å². The first kappa shape index (κ1) is 19.3. The molecule has 5 rings (SSSR count). The third-order valence-corrected chi connectivity index (χ3v) is 6.19. The van der Waals surface area contributed by atoms with Crippen molar-refractivity contribution >= 4 is 35.0 Å². The van der Waals surface area contributed by atoms with Crippen LogP contribution in [-0.2, 0) is 16.1 Å². The second-order valence-corrected chi connectivity index (χ2v) is 8.20. The van der Waals surface area contributed by atoms with E-state index in [4.69, 9.17) is 0 Å². The van der Waals surface area contributed by atoms with Crippen molar-refractivity contribution < 1.29 is 19.2 Å². The van der Waals surface area contributed by atoms with Crippen molar-refractivity contribution in [2.45, 2.75) is 38.4 Å². The number of piperidine rings is 1. The highest BCUT2D eigenvalue weighted by molar-refractivity contribution is 6.23. The zero-order chi connectivity index (χ0) is 21.7. The normalized spacial score (nSPS) is 22.7. The largest absolute Gasteiger partial charge is 0.381 e. The average molecular weight is 418 g/mol. The number of hydrogen-bond acceptors (Lipinski definition) is 6. The van der Waals surface area contributed by atoms with E-state index in [1.165, 1.54) is 0 Å². The number of hydrogen-bond donors (Lipinski definition) is 2. The van der Waals surface area contributed by atoms with Crippen LogP contribution in [0.25, 0.3) is 0 Å². The Morgan fingerprint density at radius 2 is 1.77 bits per heavy atom. The van der Waals surface area contributed by atoms with Crippen LogP contribution in [0.4, 0.5) is 11.4 Å². The third-order valence-electron chi connectivity index (χ3n) is 6.19. The Morgan fingerprint density at radius 1 is 1.00 bits per heavy atom. The first-order valence-corrected chi connectivity index (χ1v) is 10.4. The lowest BCUT2D eigenvalue weighted by atomic mass is 10.0. The summed E-state index contributed by atoms with van der Waals surface area (Å²) in [7, 11) is 0. The van der Waals surface area contributed by atoms with Crippen LogP contribution < -0.4 is 15.5 Å². The van der Waals surface area contributed by atoms with Gasteiger partial charge < -0.3 is 10.2 Å².